The van der Waals surface area contributed by atoms with Gasteiger partial charge in [0.25, 0.3) is 0 Å². The molecular formula is C16H24N2O. The largest absolute Gasteiger partial charge is 0.326 e. The molecular weight excluding hydrogens is 236 g/mol. The minimum atomic E-state index is 0.149. The predicted molar refractivity (Wildman–Crippen MR) is 79.0 cm³/mol. The highest BCUT2D eigenvalue weighted by Crippen LogP contribution is 2.28. The lowest BCUT2D eigenvalue weighted by atomic mass is 10.0. The van der Waals surface area contributed by atoms with Gasteiger partial charge in [-0.3, -0.25) is 4.79 Å². The van der Waals surface area contributed by atoms with E-state index in [2.05, 4.69) is 10.6 Å². The van der Waals surface area contributed by atoms with Gasteiger partial charge in [-0.1, -0.05) is 43.9 Å². The molecule has 1 saturated carbocycles. The van der Waals surface area contributed by atoms with Crippen LogP contribution in [0.2, 0.25) is 0 Å². The minimum Gasteiger partial charge on any atom is -0.326 e. The third kappa shape index (κ3) is 4.35. The second-order valence-corrected chi connectivity index (χ2v) is 5.42. The topological polar surface area (TPSA) is 41.1 Å². The fourth-order valence-electron chi connectivity index (χ4n) is 2.83. The summed E-state index contributed by atoms with van der Waals surface area (Å²) in [6, 6.07) is 7.98. The third-order valence-corrected chi connectivity index (χ3v) is 3.91. The number of benzene rings is 1. The Hall–Kier alpha value is -1.35. The van der Waals surface area contributed by atoms with Crippen molar-refractivity contribution in [3.63, 3.8) is 0 Å². The molecule has 104 valence electrons. The zero-order valence-electron chi connectivity index (χ0n) is 11.7. The van der Waals surface area contributed by atoms with Crippen LogP contribution in [0.1, 0.15) is 44.1 Å². The first-order chi connectivity index (χ1) is 9.29. The number of anilines is 1. The molecule has 0 aliphatic heterocycles. The summed E-state index contributed by atoms with van der Waals surface area (Å²) in [5.41, 5.74) is 2.08. The number of para-hydroxylation sites is 1. The maximum Gasteiger partial charge on any atom is 0.224 e. The van der Waals surface area contributed by atoms with Crippen molar-refractivity contribution in [3.05, 3.63) is 29.8 Å². The van der Waals surface area contributed by atoms with Crippen LogP contribution < -0.4 is 10.6 Å². The molecule has 3 heteroatoms. The molecule has 0 radical (unpaired) electrons. The molecule has 0 saturated heterocycles. The standard InChI is InChI=1S/C16H24N2O/c1-17-12-14-8-4-5-9-15(14)18-16(19)11-10-13-6-2-3-7-13/h4-5,8-9,13,17H,2-3,6-7,10-12H2,1H3,(H,18,19). The molecule has 0 atom stereocenters. The molecule has 2 N–H and O–H groups in total. The Morgan fingerprint density at radius 1 is 1.26 bits per heavy atom. The zero-order valence-corrected chi connectivity index (χ0v) is 11.7. The van der Waals surface area contributed by atoms with Gasteiger partial charge in [-0.05, 0) is 31.0 Å². The van der Waals surface area contributed by atoms with Crippen LogP contribution in [0.25, 0.3) is 0 Å². The molecule has 0 heterocycles. The monoisotopic (exact) mass is 260 g/mol. The molecule has 0 aromatic heterocycles. The maximum atomic E-state index is 12.0. The van der Waals surface area contributed by atoms with E-state index in [9.17, 15) is 4.79 Å². The Morgan fingerprint density at radius 2 is 2.00 bits per heavy atom. The highest BCUT2D eigenvalue weighted by atomic mass is 16.1. The normalized spacial score (nSPS) is 15.6. The van der Waals surface area contributed by atoms with Crippen LogP contribution in [0.5, 0.6) is 0 Å². The van der Waals surface area contributed by atoms with Gasteiger partial charge in [-0.15, -0.1) is 0 Å². The SMILES string of the molecule is CNCc1ccccc1NC(=O)CCC1CCCC1. The summed E-state index contributed by atoms with van der Waals surface area (Å²) in [4.78, 5) is 12.0. The lowest BCUT2D eigenvalue weighted by Crippen LogP contribution is -2.15. The smallest absolute Gasteiger partial charge is 0.224 e. The molecule has 2 rings (SSSR count). The number of hydrogen-bond acceptors (Lipinski definition) is 2. The van der Waals surface area contributed by atoms with E-state index in [1.165, 1.54) is 25.7 Å². The quantitative estimate of drug-likeness (QED) is 0.824. The first kappa shape index (κ1) is 14.1. The van der Waals surface area contributed by atoms with Crippen molar-refractivity contribution < 1.29 is 4.79 Å². The summed E-state index contributed by atoms with van der Waals surface area (Å²) in [7, 11) is 1.92. The van der Waals surface area contributed by atoms with Gasteiger partial charge in [0.15, 0.2) is 0 Å². The van der Waals surface area contributed by atoms with Crippen molar-refractivity contribution in [1.82, 2.24) is 5.32 Å². The Balaban J connectivity index is 1.83. The Kier molecular flexibility index (Phi) is 5.40. The number of carbonyl (C=O) groups is 1. The Bertz CT molecular complexity index is 411. The fourth-order valence-corrected chi connectivity index (χ4v) is 2.83. The van der Waals surface area contributed by atoms with Gasteiger partial charge >= 0.3 is 0 Å². The molecule has 0 spiro atoms. The first-order valence-corrected chi connectivity index (χ1v) is 7.32. The molecule has 3 nitrogen and oxygen atoms in total. The van der Waals surface area contributed by atoms with Crippen molar-refractivity contribution in [3.8, 4) is 0 Å². The summed E-state index contributed by atoms with van der Waals surface area (Å²) < 4.78 is 0. The van der Waals surface area contributed by atoms with Gasteiger partial charge < -0.3 is 10.6 Å². The Labute approximate surface area is 115 Å². The number of amides is 1. The minimum absolute atomic E-state index is 0.149. The van der Waals surface area contributed by atoms with Crippen LogP contribution in [0.3, 0.4) is 0 Å². The van der Waals surface area contributed by atoms with Crippen LogP contribution in [0, 0.1) is 5.92 Å². The van der Waals surface area contributed by atoms with Gasteiger partial charge in [0, 0.05) is 18.7 Å². The Morgan fingerprint density at radius 3 is 2.74 bits per heavy atom. The summed E-state index contributed by atoms with van der Waals surface area (Å²) in [5, 5.41) is 6.16. The van der Waals surface area contributed by atoms with Crippen molar-refractivity contribution in [2.45, 2.75) is 45.1 Å². The highest BCUT2D eigenvalue weighted by molar-refractivity contribution is 5.91. The van der Waals surface area contributed by atoms with E-state index in [4.69, 9.17) is 0 Å². The second-order valence-electron chi connectivity index (χ2n) is 5.42. The number of hydrogen-bond donors (Lipinski definition) is 2. The molecule has 1 aromatic rings. The van der Waals surface area contributed by atoms with E-state index in [1.807, 2.05) is 31.3 Å². The van der Waals surface area contributed by atoms with Gasteiger partial charge in [-0.2, -0.15) is 0 Å². The summed E-state index contributed by atoms with van der Waals surface area (Å²) in [6.07, 6.45) is 7.00. The second kappa shape index (κ2) is 7.29. The number of rotatable bonds is 6. The molecule has 19 heavy (non-hydrogen) atoms. The molecule has 1 aromatic carbocycles. The van der Waals surface area contributed by atoms with E-state index in [1.54, 1.807) is 0 Å². The molecule has 1 aliphatic carbocycles. The number of carbonyl (C=O) groups excluding carboxylic acids is 1. The average Bonchev–Trinajstić information content (AvgIpc) is 2.92. The summed E-state index contributed by atoms with van der Waals surface area (Å²) in [6.45, 7) is 0.777. The van der Waals surface area contributed by atoms with E-state index >= 15 is 0 Å². The van der Waals surface area contributed by atoms with Crippen LogP contribution in [-0.4, -0.2) is 13.0 Å². The lowest BCUT2D eigenvalue weighted by Gasteiger charge is -2.12. The van der Waals surface area contributed by atoms with Crippen LogP contribution in [-0.2, 0) is 11.3 Å². The van der Waals surface area contributed by atoms with Crippen molar-refractivity contribution in [2.24, 2.45) is 5.92 Å². The lowest BCUT2D eigenvalue weighted by molar-refractivity contribution is -0.116. The molecule has 0 bridgehead atoms. The fraction of sp³-hybridized carbons (Fsp3) is 0.562. The zero-order chi connectivity index (χ0) is 13.5. The first-order valence-electron chi connectivity index (χ1n) is 7.32. The molecule has 1 amide bonds. The van der Waals surface area contributed by atoms with Gasteiger partial charge in [0.1, 0.15) is 0 Å². The van der Waals surface area contributed by atoms with Gasteiger partial charge in [0.2, 0.25) is 5.91 Å². The maximum absolute atomic E-state index is 12.0. The van der Waals surface area contributed by atoms with Crippen molar-refractivity contribution in [1.29, 1.82) is 0 Å². The molecule has 0 unspecified atom stereocenters. The summed E-state index contributed by atoms with van der Waals surface area (Å²) in [5.74, 6) is 0.925. The van der Waals surface area contributed by atoms with E-state index in [-0.39, 0.29) is 5.91 Å². The molecule has 1 fully saturated rings. The van der Waals surface area contributed by atoms with Crippen molar-refractivity contribution >= 4 is 11.6 Å². The van der Waals surface area contributed by atoms with E-state index in [0.717, 1.165) is 30.1 Å². The van der Waals surface area contributed by atoms with Crippen molar-refractivity contribution in [2.75, 3.05) is 12.4 Å². The average molecular weight is 260 g/mol. The van der Waals surface area contributed by atoms with E-state index in [0.29, 0.717) is 6.42 Å². The van der Waals surface area contributed by atoms with Crippen LogP contribution in [0.4, 0.5) is 5.69 Å². The predicted octanol–water partition coefficient (Wildman–Crippen LogP) is 3.31. The molecule has 1 aliphatic rings. The van der Waals surface area contributed by atoms with Gasteiger partial charge in [0.05, 0.1) is 0 Å². The third-order valence-electron chi connectivity index (χ3n) is 3.91. The van der Waals surface area contributed by atoms with Crippen LogP contribution >= 0.6 is 0 Å². The summed E-state index contributed by atoms with van der Waals surface area (Å²) >= 11 is 0. The van der Waals surface area contributed by atoms with E-state index < -0.39 is 0 Å². The highest BCUT2D eigenvalue weighted by Gasteiger charge is 2.16. The van der Waals surface area contributed by atoms with Crippen LogP contribution in [0.15, 0.2) is 24.3 Å². The number of nitrogens with one attached hydrogen (secondary N) is 2. The van der Waals surface area contributed by atoms with Gasteiger partial charge in [-0.25, -0.2) is 0 Å².